The number of unbranched alkanes of at least 4 members (excludes halogenated alkanes) is 5. The number of alkyl halides is 7. The molecule has 2 nitrogen and oxygen atoms in total. The van der Waals surface area contributed by atoms with E-state index < -0.39 is 29.3 Å². The van der Waals surface area contributed by atoms with Gasteiger partial charge in [-0.15, -0.1) is 0 Å². The minimum absolute atomic E-state index is 0.0666. The van der Waals surface area contributed by atoms with Crippen LogP contribution in [0.2, 0.25) is 0 Å². The lowest BCUT2D eigenvalue weighted by atomic mass is 9.93. The quantitative estimate of drug-likeness (QED) is 0.306. The summed E-state index contributed by atoms with van der Waals surface area (Å²) in [5.74, 6) is -0.397. The molecule has 0 radical (unpaired) electrons. The first-order chi connectivity index (χ1) is 11.9. The molecule has 0 amide bonds. The molecule has 0 unspecified atom stereocenters. The van der Waals surface area contributed by atoms with Crippen LogP contribution in [0.4, 0.5) is 36.4 Å². The second-order valence-electron chi connectivity index (χ2n) is 6.02. The number of halogens is 7. The molecule has 26 heavy (non-hydrogen) atoms. The zero-order chi connectivity index (χ0) is 20.0. The molecule has 1 aromatic carbocycles. The van der Waals surface area contributed by atoms with Crippen LogP contribution < -0.4 is 10.5 Å². The number of benzene rings is 1. The van der Waals surface area contributed by atoms with E-state index >= 15 is 0 Å². The van der Waals surface area contributed by atoms with Crippen LogP contribution in [0.25, 0.3) is 0 Å². The Morgan fingerprint density at radius 2 is 1.38 bits per heavy atom. The molecule has 1 aromatic rings. The fraction of sp³-hybridized carbons (Fsp3) is 0.647. The first kappa shape index (κ1) is 22.4. The molecule has 0 saturated heterocycles. The zero-order valence-corrected chi connectivity index (χ0v) is 14.3. The van der Waals surface area contributed by atoms with Crippen molar-refractivity contribution in [3.8, 4) is 5.75 Å². The summed E-state index contributed by atoms with van der Waals surface area (Å²) in [5, 5.41) is 0. The van der Waals surface area contributed by atoms with Crippen molar-refractivity contribution in [3.63, 3.8) is 0 Å². The van der Waals surface area contributed by atoms with E-state index in [1.807, 2.05) is 0 Å². The maximum Gasteiger partial charge on any atom is 0.435 e. The van der Waals surface area contributed by atoms with E-state index in [2.05, 4.69) is 6.92 Å². The summed E-state index contributed by atoms with van der Waals surface area (Å²) in [6.45, 7) is 2.13. The van der Waals surface area contributed by atoms with Crippen LogP contribution in [0.3, 0.4) is 0 Å². The number of ether oxygens (including phenoxy) is 1. The van der Waals surface area contributed by atoms with Gasteiger partial charge in [-0.2, -0.15) is 26.3 Å². The summed E-state index contributed by atoms with van der Waals surface area (Å²) in [6.07, 6.45) is -6.83. The van der Waals surface area contributed by atoms with E-state index in [9.17, 15) is 30.7 Å². The summed E-state index contributed by atoms with van der Waals surface area (Å²) >= 11 is 0. The third-order valence-corrected chi connectivity index (χ3v) is 3.95. The fourth-order valence-corrected chi connectivity index (χ4v) is 2.43. The number of hydrogen-bond acceptors (Lipinski definition) is 2. The molecule has 9 heteroatoms. The molecular weight excluding hydrogens is 367 g/mol. The Labute approximate surface area is 147 Å². The molecule has 0 aliphatic rings. The topological polar surface area (TPSA) is 35.2 Å². The Hall–Kier alpha value is -1.67. The summed E-state index contributed by atoms with van der Waals surface area (Å²) in [6, 6.07) is 1.51. The second-order valence-corrected chi connectivity index (χ2v) is 6.02. The van der Waals surface area contributed by atoms with Gasteiger partial charge in [-0.05, 0) is 18.6 Å². The minimum Gasteiger partial charge on any atom is -0.491 e. The van der Waals surface area contributed by atoms with Crippen molar-refractivity contribution in [1.82, 2.24) is 0 Å². The van der Waals surface area contributed by atoms with Gasteiger partial charge in [0.05, 0.1) is 12.3 Å². The van der Waals surface area contributed by atoms with Gasteiger partial charge in [0.1, 0.15) is 5.75 Å². The van der Waals surface area contributed by atoms with E-state index in [-0.39, 0.29) is 12.3 Å². The average molecular weight is 389 g/mol. The van der Waals surface area contributed by atoms with Crippen LogP contribution in [0.5, 0.6) is 5.75 Å². The van der Waals surface area contributed by atoms with Crippen molar-refractivity contribution in [2.24, 2.45) is 0 Å². The smallest absolute Gasteiger partial charge is 0.435 e. The molecule has 0 fully saturated rings. The molecule has 0 saturated carbocycles. The number of rotatable bonds is 9. The van der Waals surface area contributed by atoms with Crippen LogP contribution in [0, 0.1) is 0 Å². The molecule has 2 N–H and O–H groups in total. The number of hydrogen-bond donors (Lipinski definition) is 1. The highest BCUT2D eigenvalue weighted by Crippen LogP contribution is 2.53. The van der Waals surface area contributed by atoms with Gasteiger partial charge in [-0.1, -0.05) is 45.1 Å². The minimum atomic E-state index is -6.17. The van der Waals surface area contributed by atoms with Gasteiger partial charge in [0, 0.05) is 5.56 Å². The molecular formula is C17H22F7NO. The highest BCUT2D eigenvalue weighted by molar-refractivity contribution is 5.55. The summed E-state index contributed by atoms with van der Waals surface area (Å²) in [7, 11) is 0. The van der Waals surface area contributed by atoms with Crippen LogP contribution >= 0.6 is 0 Å². The molecule has 150 valence electrons. The standard InChI is InChI=1S/C17H22F7NO/c1-2-3-4-5-6-7-10-26-14-11-12(8-9-13(14)25)15(18,16(19,20)21)17(22,23)24/h8-9,11H,2-7,10,25H2,1H3. The number of nitrogens with two attached hydrogens (primary N) is 1. The molecule has 0 atom stereocenters. The highest BCUT2D eigenvalue weighted by Gasteiger charge is 2.73. The van der Waals surface area contributed by atoms with E-state index in [0.29, 0.717) is 18.6 Å². The van der Waals surface area contributed by atoms with Gasteiger partial charge in [-0.3, -0.25) is 0 Å². The Morgan fingerprint density at radius 3 is 1.92 bits per heavy atom. The maximum atomic E-state index is 14.1. The lowest BCUT2D eigenvalue weighted by molar-refractivity contribution is -0.348. The van der Waals surface area contributed by atoms with E-state index in [0.717, 1.165) is 38.2 Å². The Balaban J connectivity index is 2.89. The van der Waals surface area contributed by atoms with Gasteiger partial charge in [0.15, 0.2) is 0 Å². The molecule has 0 heterocycles. The molecule has 0 spiro atoms. The number of anilines is 1. The van der Waals surface area contributed by atoms with E-state index in [1.165, 1.54) is 0 Å². The molecule has 0 aliphatic heterocycles. The lowest BCUT2D eigenvalue weighted by Crippen LogP contribution is -2.50. The first-order valence-electron chi connectivity index (χ1n) is 8.30. The Bertz CT molecular complexity index is 555. The van der Waals surface area contributed by atoms with E-state index in [4.69, 9.17) is 10.5 Å². The summed E-state index contributed by atoms with van der Waals surface area (Å²) in [4.78, 5) is 0. The largest absolute Gasteiger partial charge is 0.491 e. The third-order valence-electron chi connectivity index (χ3n) is 3.95. The first-order valence-corrected chi connectivity index (χ1v) is 8.30. The summed E-state index contributed by atoms with van der Waals surface area (Å²) < 4.78 is 96.1. The summed E-state index contributed by atoms with van der Waals surface area (Å²) in [5.41, 5.74) is -1.74. The lowest BCUT2D eigenvalue weighted by Gasteiger charge is -2.30. The molecule has 0 aromatic heterocycles. The van der Waals surface area contributed by atoms with Gasteiger partial charge in [-0.25, -0.2) is 4.39 Å². The SMILES string of the molecule is CCCCCCCCOc1cc(C(F)(C(F)(F)F)C(F)(F)F)ccc1N. The predicted octanol–water partition coefficient (Wildman–Crippen LogP) is 6.30. The second kappa shape index (κ2) is 8.81. The fourth-order valence-electron chi connectivity index (χ4n) is 2.43. The van der Waals surface area contributed by atoms with Crippen molar-refractivity contribution in [2.75, 3.05) is 12.3 Å². The van der Waals surface area contributed by atoms with Crippen molar-refractivity contribution in [2.45, 2.75) is 63.5 Å². The van der Waals surface area contributed by atoms with Crippen molar-refractivity contribution < 1.29 is 35.5 Å². The van der Waals surface area contributed by atoms with Gasteiger partial charge in [0.25, 0.3) is 0 Å². The Kier molecular flexibility index (Phi) is 7.58. The van der Waals surface area contributed by atoms with Crippen molar-refractivity contribution in [3.05, 3.63) is 23.8 Å². The van der Waals surface area contributed by atoms with Gasteiger partial charge in [0.2, 0.25) is 0 Å². The third kappa shape index (κ3) is 5.17. The average Bonchev–Trinajstić information content (AvgIpc) is 2.52. The van der Waals surface area contributed by atoms with Crippen LogP contribution in [0.1, 0.15) is 51.0 Å². The normalized spacial score (nSPS) is 13.1. The monoisotopic (exact) mass is 389 g/mol. The van der Waals surface area contributed by atoms with Crippen LogP contribution in [-0.2, 0) is 5.67 Å². The van der Waals surface area contributed by atoms with Crippen LogP contribution in [-0.4, -0.2) is 19.0 Å². The van der Waals surface area contributed by atoms with Crippen molar-refractivity contribution in [1.29, 1.82) is 0 Å². The van der Waals surface area contributed by atoms with Crippen molar-refractivity contribution >= 4 is 5.69 Å². The molecule has 1 rings (SSSR count). The molecule has 0 aliphatic carbocycles. The Morgan fingerprint density at radius 1 is 0.846 bits per heavy atom. The maximum absolute atomic E-state index is 14.1. The van der Waals surface area contributed by atoms with Crippen LogP contribution in [0.15, 0.2) is 18.2 Å². The highest BCUT2D eigenvalue weighted by atomic mass is 19.4. The predicted molar refractivity (Wildman–Crippen MR) is 84.6 cm³/mol. The van der Waals surface area contributed by atoms with Gasteiger partial charge < -0.3 is 10.5 Å². The number of nitrogen functional groups attached to an aromatic ring is 1. The van der Waals surface area contributed by atoms with Gasteiger partial charge >= 0.3 is 18.0 Å². The zero-order valence-electron chi connectivity index (χ0n) is 14.3. The molecule has 0 bridgehead atoms. The van der Waals surface area contributed by atoms with E-state index in [1.54, 1.807) is 0 Å².